The summed E-state index contributed by atoms with van der Waals surface area (Å²) in [5.41, 5.74) is 1.80. The minimum Gasteiger partial charge on any atom is -0.301 e. The van der Waals surface area contributed by atoms with Gasteiger partial charge in [-0.1, -0.05) is 12.1 Å². The zero-order valence-electron chi connectivity index (χ0n) is 16.4. The molecule has 1 aliphatic rings. The van der Waals surface area contributed by atoms with Crippen molar-refractivity contribution in [1.29, 1.82) is 0 Å². The summed E-state index contributed by atoms with van der Waals surface area (Å²) >= 11 is 2.97. The highest BCUT2D eigenvalue weighted by atomic mass is 32.2. The summed E-state index contributed by atoms with van der Waals surface area (Å²) in [6, 6.07) is 6.37. The quantitative estimate of drug-likeness (QED) is 0.605. The van der Waals surface area contributed by atoms with E-state index < -0.39 is 32.7 Å². The summed E-state index contributed by atoms with van der Waals surface area (Å²) in [6.45, 7) is 4.22. The summed E-state index contributed by atoms with van der Waals surface area (Å²) in [5, 5.41) is 5.02. The summed E-state index contributed by atoms with van der Waals surface area (Å²) < 4.78 is 41.1. The number of sulfonamides is 1. The molecular weight excluding hydrogens is 445 g/mol. The van der Waals surface area contributed by atoms with Gasteiger partial charge in [0.15, 0.2) is 5.13 Å². The van der Waals surface area contributed by atoms with Crippen LogP contribution in [-0.4, -0.2) is 36.2 Å². The SMILES string of the molecule is Cc1cc(-c2csc(NC(=O)C3CCCN3S(=O)(=O)c3ccccc3F)n2)c(C)s1. The molecule has 0 bridgehead atoms. The second-order valence-corrected chi connectivity index (χ2v) is 11.2. The number of carbonyl (C=O) groups is 1. The van der Waals surface area contributed by atoms with E-state index in [1.165, 1.54) is 34.4 Å². The molecule has 0 radical (unpaired) electrons. The van der Waals surface area contributed by atoms with E-state index in [4.69, 9.17) is 0 Å². The summed E-state index contributed by atoms with van der Waals surface area (Å²) in [7, 11) is -4.11. The van der Waals surface area contributed by atoms with E-state index in [1.54, 1.807) is 11.3 Å². The molecule has 4 rings (SSSR count). The normalized spacial score (nSPS) is 17.4. The molecule has 0 spiro atoms. The fourth-order valence-electron chi connectivity index (χ4n) is 3.60. The monoisotopic (exact) mass is 465 g/mol. The fraction of sp³-hybridized carbons (Fsp3) is 0.300. The van der Waals surface area contributed by atoms with Gasteiger partial charge in [0.1, 0.15) is 16.8 Å². The van der Waals surface area contributed by atoms with E-state index in [9.17, 15) is 17.6 Å². The van der Waals surface area contributed by atoms with Crippen molar-refractivity contribution in [3.8, 4) is 11.3 Å². The Morgan fingerprint density at radius 1 is 1.30 bits per heavy atom. The number of nitrogens with one attached hydrogen (secondary N) is 1. The standard InChI is InChI=1S/C20H20FN3O3S3/c1-12-10-14(13(2)29-12)16-11-28-20(22-16)23-19(25)17-7-5-9-24(17)30(26,27)18-8-4-3-6-15(18)21/h3-4,6,8,10-11,17H,5,7,9H2,1-2H3,(H,22,23,25). The molecule has 1 fully saturated rings. The third kappa shape index (κ3) is 3.92. The van der Waals surface area contributed by atoms with Gasteiger partial charge in [0.05, 0.1) is 5.69 Å². The largest absolute Gasteiger partial charge is 0.301 e. The predicted molar refractivity (Wildman–Crippen MR) is 117 cm³/mol. The minimum atomic E-state index is -4.11. The molecule has 1 amide bonds. The Balaban J connectivity index is 1.54. The van der Waals surface area contributed by atoms with E-state index in [2.05, 4.69) is 16.4 Å². The van der Waals surface area contributed by atoms with E-state index in [0.717, 1.165) is 26.5 Å². The van der Waals surface area contributed by atoms with E-state index in [-0.39, 0.29) is 6.54 Å². The van der Waals surface area contributed by atoms with E-state index >= 15 is 0 Å². The van der Waals surface area contributed by atoms with Crippen LogP contribution >= 0.6 is 22.7 Å². The van der Waals surface area contributed by atoms with Gasteiger partial charge in [-0.3, -0.25) is 4.79 Å². The molecule has 0 saturated carbocycles. The summed E-state index contributed by atoms with van der Waals surface area (Å²) in [4.78, 5) is 19.3. The number of aryl methyl sites for hydroxylation is 2. The first-order valence-electron chi connectivity index (χ1n) is 9.37. The third-order valence-corrected chi connectivity index (χ3v) is 8.65. The number of hydrogen-bond acceptors (Lipinski definition) is 6. The van der Waals surface area contributed by atoms with Gasteiger partial charge in [-0.2, -0.15) is 4.31 Å². The van der Waals surface area contributed by atoms with Crippen LogP contribution in [0.5, 0.6) is 0 Å². The molecule has 10 heteroatoms. The Morgan fingerprint density at radius 2 is 2.07 bits per heavy atom. The average Bonchev–Trinajstić information content (AvgIpc) is 3.42. The minimum absolute atomic E-state index is 0.172. The number of rotatable bonds is 5. The van der Waals surface area contributed by atoms with Crippen LogP contribution < -0.4 is 5.32 Å². The Labute approximate surface area is 182 Å². The van der Waals surface area contributed by atoms with Crippen molar-refractivity contribution < 1.29 is 17.6 Å². The van der Waals surface area contributed by atoms with Crippen LogP contribution in [0.15, 0.2) is 40.6 Å². The number of nitrogens with zero attached hydrogens (tertiary/aromatic N) is 2. The van der Waals surface area contributed by atoms with Crippen LogP contribution in [0, 0.1) is 19.7 Å². The zero-order valence-corrected chi connectivity index (χ0v) is 18.8. The lowest BCUT2D eigenvalue weighted by molar-refractivity contribution is -0.119. The number of carbonyl (C=O) groups excluding carboxylic acids is 1. The number of benzene rings is 1. The van der Waals surface area contributed by atoms with Gasteiger partial charge in [0, 0.05) is 27.2 Å². The van der Waals surface area contributed by atoms with Crippen molar-refractivity contribution in [1.82, 2.24) is 9.29 Å². The van der Waals surface area contributed by atoms with E-state index in [0.29, 0.717) is 18.0 Å². The molecule has 1 N–H and O–H groups in total. The molecule has 3 aromatic rings. The van der Waals surface area contributed by atoms with E-state index in [1.807, 2.05) is 19.2 Å². The number of anilines is 1. The van der Waals surface area contributed by atoms with Crippen molar-refractivity contribution in [2.45, 2.75) is 37.6 Å². The maximum Gasteiger partial charge on any atom is 0.246 e. The molecule has 6 nitrogen and oxygen atoms in total. The third-order valence-electron chi connectivity index (χ3n) is 4.98. The lowest BCUT2D eigenvalue weighted by Crippen LogP contribution is -2.43. The molecule has 1 aliphatic heterocycles. The van der Waals surface area contributed by atoms with Gasteiger partial charge in [-0.25, -0.2) is 17.8 Å². The molecule has 0 aliphatic carbocycles. The molecule has 1 saturated heterocycles. The van der Waals surface area contributed by atoms with Crippen LogP contribution in [-0.2, 0) is 14.8 Å². The Hall–Kier alpha value is -2.14. The fourth-order valence-corrected chi connectivity index (χ4v) is 6.97. The van der Waals surface area contributed by atoms with Crippen molar-refractivity contribution in [3.05, 3.63) is 51.3 Å². The molecule has 1 atom stereocenters. The Kier molecular flexibility index (Phi) is 5.75. The molecule has 3 heterocycles. The summed E-state index contributed by atoms with van der Waals surface area (Å²) in [6.07, 6.45) is 0.906. The first-order valence-corrected chi connectivity index (χ1v) is 12.5. The number of thiophene rings is 1. The smallest absolute Gasteiger partial charge is 0.246 e. The van der Waals surface area contributed by atoms with Crippen LogP contribution in [0.4, 0.5) is 9.52 Å². The van der Waals surface area contributed by atoms with Crippen molar-refractivity contribution >= 4 is 43.7 Å². The highest BCUT2D eigenvalue weighted by Gasteiger charge is 2.40. The lowest BCUT2D eigenvalue weighted by Gasteiger charge is -2.23. The molecule has 1 unspecified atom stereocenters. The number of thiazole rings is 1. The van der Waals surface area contributed by atoms with Gasteiger partial charge in [0.25, 0.3) is 0 Å². The number of halogens is 1. The molecular formula is C20H20FN3O3S3. The highest BCUT2D eigenvalue weighted by molar-refractivity contribution is 7.89. The molecule has 30 heavy (non-hydrogen) atoms. The van der Waals surface area contributed by atoms with Crippen LogP contribution in [0.25, 0.3) is 11.3 Å². The van der Waals surface area contributed by atoms with Gasteiger partial charge in [-0.05, 0) is 44.9 Å². The summed E-state index contributed by atoms with van der Waals surface area (Å²) in [5.74, 6) is -1.28. The molecule has 1 aromatic carbocycles. The Bertz CT molecular complexity index is 1200. The van der Waals surface area contributed by atoms with Crippen molar-refractivity contribution in [3.63, 3.8) is 0 Å². The first kappa shape index (κ1) is 21.1. The second kappa shape index (κ2) is 8.18. The maximum atomic E-state index is 14.1. The van der Waals surface area contributed by atoms with Gasteiger partial charge in [-0.15, -0.1) is 22.7 Å². The van der Waals surface area contributed by atoms with Crippen LogP contribution in [0.2, 0.25) is 0 Å². The zero-order chi connectivity index (χ0) is 21.5. The predicted octanol–water partition coefficient (Wildman–Crippen LogP) is 4.42. The highest BCUT2D eigenvalue weighted by Crippen LogP contribution is 2.33. The van der Waals surface area contributed by atoms with Crippen LogP contribution in [0.3, 0.4) is 0 Å². The number of hydrogen-bond donors (Lipinski definition) is 1. The van der Waals surface area contributed by atoms with Crippen LogP contribution in [0.1, 0.15) is 22.6 Å². The van der Waals surface area contributed by atoms with Gasteiger partial charge >= 0.3 is 0 Å². The van der Waals surface area contributed by atoms with Crippen molar-refractivity contribution in [2.24, 2.45) is 0 Å². The van der Waals surface area contributed by atoms with Gasteiger partial charge < -0.3 is 5.32 Å². The number of amides is 1. The second-order valence-electron chi connectivity index (χ2n) is 7.06. The number of aromatic nitrogens is 1. The maximum absolute atomic E-state index is 14.1. The van der Waals surface area contributed by atoms with Gasteiger partial charge in [0.2, 0.25) is 15.9 Å². The van der Waals surface area contributed by atoms with Crippen molar-refractivity contribution in [2.75, 3.05) is 11.9 Å². The lowest BCUT2D eigenvalue weighted by atomic mass is 10.2. The topological polar surface area (TPSA) is 79.4 Å². The molecule has 2 aromatic heterocycles. The first-order chi connectivity index (χ1) is 14.3. The average molecular weight is 466 g/mol. The molecule has 158 valence electrons. The Morgan fingerprint density at radius 3 is 2.77 bits per heavy atom.